The van der Waals surface area contributed by atoms with Crippen molar-refractivity contribution in [2.24, 2.45) is 0 Å². The molecule has 0 aliphatic carbocycles. The van der Waals surface area contributed by atoms with Crippen LogP contribution in [0.2, 0.25) is 0 Å². The van der Waals surface area contributed by atoms with E-state index in [0.29, 0.717) is 17.2 Å². The lowest BCUT2D eigenvalue weighted by atomic mass is 10.1. The summed E-state index contributed by atoms with van der Waals surface area (Å²) >= 11 is 0. The molecule has 7 nitrogen and oxygen atoms in total. The van der Waals surface area contributed by atoms with Gasteiger partial charge in [-0.15, -0.1) is 0 Å². The maximum atomic E-state index is 12.1. The molecule has 0 fully saturated rings. The van der Waals surface area contributed by atoms with Gasteiger partial charge in [0, 0.05) is 22.5 Å². The van der Waals surface area contributed by atoms with Crippen molar-refractivity contribution >= 4 is 11.7 Å². The summed E-state index contributed by atoms with van der Waals surface area (Å²) in [6, 6.07) is 0. The molecule has 0 saturated carbocycles. The number of hydrogen-bond donors (Lipinski definition) is 3. The third-order valence-electron chi connectivity index (χ3n) is 3.15. The smallest absolute Gasteiger partial charge is 0.311 e. The fourth-order valence-corrected chi connectivity index (χ4v) is 2.05. The second kappa shape index (κ2) is 5.68. The zero-order valence-electron chi connectivity index (χ0n) is 11.7. The van der Waals surface area contributed by atoms with Crippen LogP contribution >= 0.6 is 0 Å². The number of H-pyrrole nitrogens is 2. The van der Waals surface area contributed by atoms with Gasteiger partial charge in [0.05, 0.1) is 12.6 Å². The molecule has 2 aromatic heterocycles. The minimum atomic E-state index is -0.397. The van der Waals surface area contributed by atoms with Crippen LogP contribution in [0, 0.1) is 13.8 Å². The van der Waals surface area contributed by atoms with Crippen LogP contribution in [0.4, 0.5) is 5.82 Å². The summed E-state index contributed by atoms with van der Waals surface area (Å²) in [5.74, 6) is 0.439. The predicted octanol–water partition coefficient (Wildman–Crippen LogP) is 0.853. The monoisotopic (exact) mass is 275 g/mol. The van der Waals surface area contributed by atoms with Crippen LogP contribution < -0.4 is 11.0 Å². The maximum Gasteiger partial charge on any atom is 0.345 e. The van der Waals surface area contributed by atoms with Gasteiger partial charge in [0.2, 0.25) is 5.91 Å². The maximum absolute atomic E-state index is 12.1. The number of nitrogens with one attached hydrogen (secondary N) is 3. The van der Waals surface area contributed by atoms with Gasteiger partial charge in [-0.2, -0.15) is 10.1 Å². The van der Waals surface area contributed by atoms with Gasteiger partial charge in [-0.1, -0.05) is 6.92 Å². The quantitative estimate of drug-likeness (QED) is 0.769. The first-order valence-electron chi connectivity index (χ1n) is 6.39. The van der Waals surface area contributed by atoms with Crippen LogP contribution in [0.15, 0.2) is 11.0 Å². The van der Waals surface area contributed by atoms with E-state index in [9.17, 15) is 9.59 Å². The number of carbonyl (C=O) groups excluding carboxylic acids is 1. The number of aromatic nitrogens is 4. The summed E-state index contributed by atoms with van der Waals surface area (Å²) in [7, 11) is 0. The van der Waals surface area contributed by atoms with E-state index in [1.54, 1.807) is 20.0 Å². The molecular formula is C13H17N5O2. The number of hydrogen-bond acceptors (Lipinski definition) is 4. The third kappa shape index (κ3) is 2.93. The van der Waals surface area contributed by atoms with Crippen molar-refractivity contribution in [3.8, 4) is 0 Å². The SMILES string of the molecule is CCc1cn[nH]c1NC(=O)Cc1c(C)nc(=O)[nH]c1C. The van der Waals surface area contributed by atoms with Crippen molar-refractivity contribution in [1.82, 2.24) is 20.2 Å². The molecule has 3 N–H and O–H groups in total. The molecule has 0 atom stereocenters. The van der Waals surface area contributed by atoms with E-state index in [0.717, 1.165) is 17.5 Å². The fourth-order valence-electron chi connectivity index (χ4n) is 2.05. The molecular weight excluding hydrogens is 258 g/mol. The second-order valence-corrected chi connectivity index (χ2v) is 4.58. The Bertz CT molecular complexity index is 660. The number of aromatic amines is 2. The van der Waals surface area contributed by atoms with Crippen LogP contribution in [0.25, 0.3) is 0 Å². The van der Waals surface area contributed by atoms with Crippen molar-refractivity contribution in [3.05, 3.63) is 39.2 Å². The van der Waals surface area contributed by atoms with E-state index < -0.39 is 5.69 Å². The average Bonchev–Trinajstić information content (AvgIpc) is 2.81. The van der Waals surface area contributed by atoms with E-state index in [4.69, 9.17) is 0 Å². The van der Waals surface area contributed by atoms with Gasteiger partial charge in [0.15, 0.2) is 0 Å². The molecule has 1 amide bonds. The van der Waals surface area contributed by atoms with Crippen molar-refractivity contribution in [2.45, 2.75) is 33.6 Å². The lowest BCUT2D eigenvalue weighted by Crippen LogP contribution is -2.21. The standard InChI is InChI=1S/C13H17N5O2/c1-4-9-6-14-18-12(9)17-11(19)5-10-7(2)15-13(20)16-8(10)3/h6H,4-5H2,1-3H3,(H,15,16,20)(H2,14,17,18,19). The molecule has 2 aromatic rings. The van der Waals surface area contributed by atoms with Gasteiger partial charge in [-0.25, -0.2) is 4.79 Å². The highest BCUT2D eigenvalue weighted by molar-refractivity contribution is 5.92. The van der Waals surface area contributed by atoms with Crippen LogP contribution in [-0.4, -0.2) is 26.1 Å². The minimum absolute atomic E-state index is 0.156. The molecule has 0 radical (unpaired) electrons. The molecule has 2 rings (SSSR count). The predicted molar refractivity (Wildman–Crippen MR) is 74.6 cm³/mol. The van der Waals surface area contributed by atoms with Crippen LogP contribution in [0.5, 0.6) is 0 Å². The molecule has 106 valence electrons. The number of carbonyl (C=O) groups is 1. The largest absolute Gasteiger partial charge is 0.345 e. The summed E-state index contributed by atoms with van der Waals surface area (Å²) < 4.78 is 0. The number of rotatable bonds is 4. The van der Waals surface area contributed by atoms with E-state index in [1.165, 1.54) is 0 Å². The van der Waals surface area contributed by atoms with Gasteiger partial charge in [0.25, 0.3) is 0 Å². The molecule has 0 bridgehead atoms. The first kappa shape index (κ1) is 14.0. The topological polar surface area (TPSA) is 104 Å². The Morgan fingerprint density at radius 1 is 1.40 bits per heavy atom. The second-order valence-electron chi connectivity index (χ2n) is 4.58. The third-order valence-corrected chi connectivity index (χ3v) is 3.15. The lowest BCUT2D eigenvalue weighted by Gasteiger charge is -2.09. The van der Waals surface area contributed by atoms with E-state index in [2.05, 4.69) is 25.5 Å². The minimum Gasteiger partial charge on any atom is -0.311 e. The van der Waals surface area contributed by atoms with Crippen LogP contribution in [0.1, 0.15) is 29.4 Å². The molecule has 0 aliphatic heterocycles. The Morgan fingerprint density at radius 3 is 2.80 bits per heavy atom. The lowest BCUT2D eigenvalue weighted by molar-refractivity contribution is -0.115. The Hall–Kier alpha value is -2.44. The Balaban J connectivity index is 2.15. The van der Waals surface area contributed by atoms with E-state index in [1.807, 2.05) is 6.92 Å². The Labute approximate surface area is 115 Å². The number of anilines is 1. The number of nitrogens with zero attached hydrogens (tertiary/aromatic N) is 2. The Morgan fingerprint density at radius 2 is 2.15 bits per heavy atom. The van der Waals surface area contributed by atoms with Gasteiger partial charge in [-0.3, -0.25) is 9.89 Å². The normalized spacial score (nSPS) is 10.6. The summed E-state index contributed by atoms with van der Waals surface area (Å²) in [5.41, 5.74) is 2.52. The zero-order chi connectivity index (χ0) is 14.7. The highest BCUT2D eigenvalue weighted by atomic mass is 16.2. The highest BCUT2D eigenvalue weighted by Crippen LogP contribution is 2.13. The summed E-state index contributed by atoms with van der Waals surface area (Å²) in [5, 5.41) is 9.44. The van der Waals surface area contributed by atoms with Gasteiger partial charge >= 0.3 is 5.69 Å². The summed E-state index contributed by atoms with van der Waals surface area (Å²) in [6.45, 7) is 5.46. The highest BCUT2D eigenvalue weighted by Gasteiger charge is 2.13. The average molecular weight is 275 g/mol. The molecule has 0 saturated heterocycles. The van der Waals surface area contributed by atoms with Crippen molar-refractivity contribution in [2.75, 3.05) is 5.32 Å². The molecule has 0 aliphatic rings. The van der Waals surface area contributed by atoms with Crippen molar-refractivity contribution in [1.29, 1.82) is 0 Å². The molecule has 0 unspecified atom stereocenters. The Kier molecular flexibility index (Phi) is 3.97. The molecule has 0 spiro atoms. The van der Waals surface area contributed by atoms with E-state index >= 15 is 0 Å². The van der Waals surface area contributed by atoms with Crippen molar-refractivity contribution < 1.29 is 4.79 Å². The molecule has 7 heteroatoms. The first-order valence-corrected chi connectivity index (χ1v) is 6.39. The summed E-state index contributed by atoms with van der Waals surface area (Å²) in [4.78, 5) is 29.7. The molecule has 2 heterocycles. The van der Waals surface area contributed by atoms with Crippen molar-refractivity contribution in [3.63, 3.8) is 0 Å². The van der Waals surface area contributed by atoms with Crippen LogP contribution in [0.3, 0.4) is 0 Å². The zero-order valence-corrected chi connectivity index (χ0v) is 11.7. The molecule has 20 heavy (non-hydrogen) atoms. The summed E-state index contributed by atoms with van der Waals surface area (Å²) in [6.07, 6.45) is 2.63. The van der Waals surface area contributed by atoms with Crippen LogP contribution in [-0.2, 0) is 17.6 Å². The number of aryl methyl sites for hydroxylation is 3. The molecule has 0 aromatic carbocycles. The van der Waals surface area contributed by atoms with Gasteiger partial charge in [0.1, 0.15) is 5.82 Å². The number of amides is 1. The van der Waals surface area contributed by atoms with E-state index in [-0.39, 0.29) is 12.3 Å². The van der Waals surface area contributed by atoms with Gasteiger partial charge < -0.3 is 10.3 Å². The fraction of sp³-hybridized carbons (Fsp3) is 0.385. The van der Waals surface area contributed by atoms with Gasteiger partial charge in [-0.05, 0) is 20.3 Å². The first-order chi connectivity index (χ1) is 9.51.